The van der Waals surface area contributed by atoms with Crippen molar-refractivity contribution in [3.8, 4) is 23.0 Å². The van der Waals surface area contributed by atoms with Crippen LogP contribution in [-0.2, 0) is 57.4 Å². The average molecular weight is 1010 g/mol. The van der Waals surface area contributed by atoms with Crippen LogP contribution in [-0.4, -0.2) is 54.0 Å². The molecule has 0 unspecified atom stereocenters. The van der Waals surface area contributed by atoms with E-state index >= 15 is 0 Å². The summed E-state index contributed by atoms with van der Waals surface area (Å²) >= 11 is 0. The SMILES string of the molecule is CCCOc1c2cc(C(C)(C)C)cc1Cc1cc(C(C)(C)C)cc(c1OCCNS(=O)(=O)c1cccc3c(N(C)C)cccc13)Cc1cc(C(C)(C)C)cc(c1OCCC)Cc1cc(C(C)(C)C)cc(c1O)C2. The van der Waals surface area contributed by atoms with Gasteiger partial charge in [-0.2, -0.15) is 0 Å². The van der Waals surface area contributed by atoms with Gasteiger partial charge in [0.2, 0.25) is 10.0 Å². The predicted octanol–water partition coefficient (Wildman–Crippen LogP) is 14.4. The number of phenols is 1. The van der Waals surface area contributed by atoms with Crippen molar-refractivity contribution < 1.29 is 27.7 Å². The van der Waals surface area contributed by atoms with Crippen LogP contribution in [0, 0.1) is 0 Å². The number of nitrogens with zero attached hydrogens (tertiary/aromatic N) is 1. The molecule has 7 rings (SSSR count). The van der Waals surface area contributed by atoms with Crippen LogP contribution in [0.2, 0.25) is 0 Å². The van der Waals surface area contributed by atoms with Crippen molar-refractivity contribution in [3.63, 3.8) is 0 Å². The Morgan fingerprint density at radius 3 is 1.18 bits per heavy atom. The van der Waals surface area contributed by atoms with Crippen LogP contribution in [0.25, 0.3) is 10.8 Å². The van der Waals surface area contributed by atoms with E-state index in [9.17, 15) is 13.5 Å². The molecular formula is C64H84N2O6S. The number of ether oxygens (including phenoxy) is 3. The summed E-state index contributed by atoms with van der Waals surface area (Å²) < 4.78 is 52.3. The molecular weight excluding hydrogens is 925 g/mol. The van der Waals surface area contributed by atoms with Crippen LogP contribution in [0.4, 0.5) is 5.69 Å². The van der Waals surface area contributed by atoms with E-state index in [-0.39, 0.29) is 39.7 Å². The van der Waals surface area contributed by atoms with Gasteiger partial charge in [-0.15, -0.1) is 0 Å². The van der Waals surface area contributed by atoms with E-state index in [1.54, 1.807) is 12.1 Å². The third kappa shape index (κ3) is 12.5. The molecule has 0 aliphatic heterocycles. The van der Waals surface area contributed by atoms with Gasteiger partial charge in [0.15, 0.2) is 0 Å². The molecule has 0 radical (unpaired) electrons. The largest absolute Gasteiger partial charge is 0.507 e. The first-order valence-corrected chi connectivity index (χ1v) is 28.0. The fraction of sp³-hybridized carbons (Fsp3) is 0.469. The summed E-state index contributed by atoms with van der Waals surface area (Å²) in [5.74, 6) is 2.69. The van der Waals surface area contributed by atoms with Crippen LogP contribution in [0.5, 0.6) is 23.0 Å². The number of anilines is 1. The maximum absolute atomic E-state index is 14.3. The van der Waals surface area contributed by atoms with Crippen molar-refractivity contribution in [2.45, 2.75) is 162 Å². The number of sulfonamides is 1. The number of rotatable bonds is 13. The normalized spacial score (nSPS) is 13.5. The van der Waals surface area contributed by atoms with Crippen LogP contribution >= 0.6 is 0 Å². The first-order chi connectivity index (χ1) is 34.1. The summed E-state index contributed by atoms with van der Waals surface area (Å²) in [5.41, 5.74) is 12.6. The van der Waals surface area contributed by atoms with Gasteiger partial charge in [0.25, 0.3) is 0 Å². The van der Waals surface area contributed by atoms with E-state index in [4.69, 9.17) is 14.2 Å². The minimum atomic E-state index is -3.94. The molecule has 0 spiro atoms. The molecule has 0 atom stereocenters. The van der Waals surface area contributed by atoms with E-state index in [2.05, 4.69) is 150 Å². The van der Waals surface area contributed by atoms with E-state index < -0.39 is 10.0 Å². The Morgan fingerprint density at radius 1 is 0.493 bits per heavy atom. The van der Waals surface area contributed by atoms with E-state index in [0.717, 1.165) is 91.2 Å². The monoisotopic (exact) mass is 1010 g/mol. The quantitative estimate of drug-likeness (QED) is 0.111. The first-order valence-electron chi connectivity index (χ1n) is 26.5. The Labute approximate surface area is 438 Å². The van der Waals surface area contributed by atoms with Crippen molar-refractivity contribution in [1.29, 1.82) is 0 Å². The van der Waals surface area contributed by atoms with Gasteiger partial charge in [0, 0.05) is 62.8 Å². The molecule has 392 valence electrons. The van der Waals surface area contributed by atoms with E-state index in [0.29, 0.717) is 50.0 Å². The molecule has 0 amide bonds. The lowest BCUT2D eigenvalue weighted by Gasteiger charge is -2.29. The standard InChI is InChI=1S/C64H84N2O6S/c1-17-26-70-58-43-29-41-33-49(61(3,4)5)34-42(57(41)67)30-44-36-51(63(9,10)11)38-46(59(44)71-27-18-2)32-48-40-52(64(12,13)14)39-47(31-45(58)37-50(35-43)62(6,7)8)60(48)72-28-25-65-73(68,69)56-24-20-21-53-54(56)22-19-23-55(53)66(15)16/h19-24,33-40,65,67H,17-18,25-32H2,1-16H3. The van der Waals surface area contributed by atoms with Gasteiger partial charge in [-0.05, 0) is 113 Å². The van der Waals surface area contributed by atoms with Crippen molar-refractivity contribution in [3.05, 3.63) is 152 Å². The van der Waals surface area contributed by atoms with Gasteiger partial charge in [-0.3, -0.25) is 0 Å². The zero-order chi connectivity index (χ0) is 53.4. The smallest absolute Gasteiger partial charge is 0.241 e. The average Bonchev–Trinajstić information content (AvgIpc) is 3.29. The second-order valence-corrected chi connectivity index (χ2v) is 26.4. The molecule has 2 N–H and O–H groups in total. The molecule has 73 heavy (non-hydrogen) atoms. The van der Waals surface area contributed by atoms with Crippen molar-refractivity contribution >= 4 is 26.5 Å². The van der Waals surface area contributed by atoms with E-state index in [1.165, 1.54) is 16.7 Å². The van der Waals surface area contributed by atoms with Crippen LogP contribution < -0.4 is 23.8 Å². The highest BCUT2D eigenvalue weighted by molar-refractivity contribution is 7.89. The third-order valence-electron chi connectivity index (χ3n) is 14.2. The highest BCUT2D eigenvalue weighted by Gasteiger charge is 2.29. The van der Waals surface area contributed by atoms with Crippen molar-refractivity contribution in [1.82, 2.24) is 4.72 Å². The Balaban J connectivity index is 1.48. The van der Waals surface area contributed by atoms with Gasteiger partial charge in [0.05, 0.1) is 18.1 Å². The Morgan fingerprint density at radius 2 is 0.822 bits per heavy atom. The van der Waals surface area contributed by atoms with Crippen molar-refractivity contribution in [2.75, 3.05) is 45.4 Å². The number of phenolic OH excluding ortho intramolecular Hbond substituents is 1. The molecule has 0 fully saturated rings. The molecule has 6 aromatic carbocycles. The van der Waals surface area contributed by atoms with Crippen molar-refractivity contribution in [2.24, 2.45) is 0 Å². The van der Waals surface area contributed by atoms with Gasteiger partial charge in [-0.25, -0.2) is 13.1 Å². The van der Waals surface area contributed by atoms with Crippen LogP contribution in [0.1, 0.15) is 177 Å². The number of nitrogens with one attached hydrogen (secondary N) is 1. The molecule has 0 heterocycles. The van der Waals surface area contributed by atoms with Gasteiger partial charge < -0.3 is 24.2 Å². The zero-order valence-electron chi connectivity index (χ0n) is 47.0. The number of fused-ring (bicyclic) bond motifs is 9. The molecule has 9 heteroatoms. The van der Waals surface area contributed by atoms with Gasteiger partial charge in [-0.1, -0.05) is 170 Å². The summed E-state index contributed by atoms with van der Waals surface area (Å²) in [4.78, 5) is 2.23. The number of hydrogen-bond donors (Lipinski definition) is 2. The number of benzene rings is 6. The fourth-order valence-electron chi connectivity index (χ4n) is 9.89. The fourth-order valence-corrected chi connectivity index (χ4v) is 11.1. The lowest BCUT2D eigenvalue weighted by atomic mass is 9.79. The third-order valence-corrected chi connectivity index (χ3v) is 15.7. The summed E-state index contributed by atoms with van der Waals surface area (Å²) in [6.45, 7) is 32.4. The number of aromatic hydroxyl groups is 1. The molecule has 8 bridgehead atoms. The lowest BCUT2D eigenvalue weighted by Crippen LogP contribution is -2.29. The molecule has 0 saturated carbocycles. The Bertz CT molecular complexity index is 2960. The lowest BCUT2D eigenvalue weighted by molar-refractivity contribution is 0.308. The summed E-state index contributed by atoms with van der Waals surface area (Å²) in [7, 11) is -0.0155. The zero-order valence-corrected chi connectivity index (χ0v) is 47.8. The molecule has 8 nitrogen and oxygen atoms in total. The molecule has 0 aromatic heterocycles. The van der Waals surface area contributed by atoms with Crippen LogP contribution in [0.3, 0.4) is 0 Å². The highest BCUT2D eigenvalue weighted by Crippen LogP contribution is 2.44. The van der Waals surface area contributed by atoms with Crippen LogP contribution in [0.15, 0.2) is 89.8 Å². The first kappa shape index (κ1) is 55.2. The summed E-state index contributed by atoms with van der Waals surface area (Å²) in [6, 6.07) is 29.3. The molecule has 0 saturated heterocycles. The molecule has 1 aliphatic rings. The topological polar surface area (TPSA) is 97.3 Å². The number of hydrogen-bond acceptors (Lipinski definition) is 7. The molecule has 6 aromatic rings. The minimum absolute atomic E-state index is 0.0484. The maximum Gasteiger partial charge on any atom is 0.241 e. The summed E-state index contributed by atoms with van der Waals surface area (Å²) in [6.07, 6.45) is 3.57. The summed E-state index contributed by atoms with van der Waals surface area (Å²) in [5, 5.41) is 14.1. The Kier molecular flexibility index (Phi) is 16.2. The highest BCUT2D eigenvalue weighted by atomic mass is 32.2. The predicted molar refractivity (Wildman–Crippen MR) is 304 cm³/mol. The second-order valence-electron chi connectivity index (χ2n) is 24.7. The van der Waals surface area contributed by atoms with Gasteiger partial charge >= 0.3 is 0 Å². The molecule has 1 aliphatic carbocycles. The minimum Gasteiger partial charge on any atom is -0.507 e. The van der Waals surface area contributed by atoms with E-state index in [1.807, 2.05) is 43.3 Å². The second kappa shape index (κ2) is 21.4. The maximum atomic E-state index is 14.3. The Hall–Kier alpha value is -5.51. The van der Waals surface area contributed by atoms with Gasteiger partial charge in [0.1, 0.15) is 29.6 Å².